The highest BCUT2D eigenvalue weighted by Crippen LogP contribution is 2.18. The Labute approximate surface area is 85.7 Å². The third-order valence-corrected chi connectivity index (χ3v) is 2.69. The zero-order chi connectivity index (χ0) is 10.4. The lowest BCUT2D eigenvalue weighted by atomic mass is 9.95. The van der Waals surface area contributed by atoms with Crippen molar-refractivity contribution in [3.05, 3.63) is 12.3 Å². The van der Waals surface area contributed by atoms with E-state index >= 15 is 0 Å². The van der Waals surface area contributed by atoms with Crippen molar-refractivity contribution >= 4 is 5.91 Å². The first kappa shape index (κ1) is 11.1. The SMILES string of the molecule is C=C(CCC(N)=O)NC1CCCCC1. The third kappa shape index (κ3) is 4.30. The summed E-state index contributed by atoms with van der Waals surface area (Å²) in [5.74, 6) is -0.253. The van der Waals surface area contributed by atoms with Crippen LogP contribution in [-0.2, 0) is 4.79 Å². The highest BCUT2D eigenvalue weighted by atomic mass is 16.1. The third-order valence-electron chi connectivity index (χ3n) is 2.69. The Morgan fingerprint density at radius 1 is 1.29 bits per heavy atom. The van der Waals surface area contributed by atoms with Crippen LogP contribution >= 0.6 is 0 Å². The maximum Gasteiger partial charge on any atom is 0.217 e. The number of allylic oxidation sites excluding steroid dienone is 1. The van der Waals surface area contributed by atoms with Crippen LogP contribution in [0.15, 0.2) is 12.3 Å². The second-order valence-electron chi connectivity index (χ2n) is 4.05. The van der Waals surface area contributed by atoms with E-state index in [2.05, 4.69) is 11.9 Å². The molecule has 0 radical (unpaired) electrons. The summed E-state index contributed by atoms with van der Waals surface area (Å²) in [4.78, 5) is 10.5. The van der Waals surface area contributed by atoms with E-state index in [9.17, 15) is 4.79 Å². The van der Waals surface area contributed by atoms with Crippen molar-refractivity contribution in [1.82, 2.24) is 5.32 Å². The van der Waals surface area contributed by atoms with Gasteiger partial charge in [-0.15, -0.1) is 0 Å². The molecule has 3 nitrogen and oxygen atoms in total. The Morgan fingerprint density at radius 2 is 1.93 bits per heavy atom. The molecule has 1 saturated carbocycles. The molecular weight excluding hydrogens is 176 g/mol. The zero-order valence-electron chi connectivity index (χ0n) is 8.72. The van der Waals surface area contributed by atoms with Crippen molar-refractivity contribution in [3.63, 3.8) is 0 Å². The van der Waals surface area contributed by atoms with E-state index in [1.54, 1.807) is 0 Å². The molecule has 0 bridgehead atoms. The quantitative estimate of drug-likeness (QED) is 0.703. The number of nitrogens with two attached hydrogens (primary N) is 1. The fraction of sp³-hybridized carbons (Fsp3) is 0.727. The number of primary amides is 1. The summed E-state index contributed by atoms with van der Waals surface area (Å²) in [5, 5.41) is 3.37. The normalized spacial score (nSPS) is 17.7. The van der Waals surface area contributed by atoms with Gasteiger partial charge in [-0.3, -0.25) is 4.79 Å². The molecule has 1 aliphatic carbocycles. The number of hydrogen-bond acceptors (Lipinski definition) is 2. The molecule has 0 spiro atoms. The molecule has 0 unspecified atom stereocenters. The Hall–Kier alpha value is -0.990. The highest BCUT2D eigenvalue weighted by molar-refractivity contribution is 5.73. The summed E-state index contributed by atoms with van der Waals surface area (Å²) < 4.78 is 0. The van der Waals surface area contributed by atoms with Gasteiger partial charge >= 0.3 is 0 Å². The maximum absolute atomic E-state index is 10.5. The lowest BCUT2D eigenvalue weighted by Crippen LogP contribution is -2.30. The zero-order valence-corrected chi connectivity index (χ0v) is 8.72. The van der Waals surface area contributed by atoms with E-state index < -0.39 is 0 Å². The Morgan fingerprint density at radius 3 is 2.50 bits per heavy atom. The molecule has 0 saturated heterocycles. The van der Waals surface area contributed by atoms with Gasteiger partial charge in [0.2, 0.25) is 5.91 Å². The van der Waals surface area contributed by atoms with Gasteiger partial charge < -0.3 is 11.1 Å². The predicted octanol–water partition coefficient (Wildman–Crippen LogP) is 1.69. The van der Waals surface area contributed by atoms with Gasteiger partial charge in [0.15, 0.2) is 0 Å². The van der Waals surface area contributed by atoms with Gasteiger partial charge in [-0.25, -0.2) is 0 Å². The van der Waals surface area contributed by atoms with Crippen LogP contribution in [0.3, 0.4) is 0 Å². The van der Waals surface area contributed by atoms with Gasteiger partial charge in [-0.2, -0.15) is 0 Å². The first-order valence-electron chi connectivity index (χ1n) is 5.41. The van der Waals surface area contributed by atoms with E-state index in [4.69, 9.17) is 5.73 Å². The van der Waals surface area contributed by atoms with Crippen molar-refractivity contribution < 1.29 is 4.79 Å². The number of carbonyl (C=O) groups excluding carboxylic acids is 1. The van der Waals surface area contributed by atoms with E-state index in [1.165, 1.54) is 32.1 Å². The topological polar surface area (TPSA) is 55.1 Å². The fourth-order valence-electron chi connectivity index (χ4n) is 1.88. The van der Waals surface area contributed by atoms with Gasteiger partial charge in [-0.1, -0.05) is 25.8 Å². The average Bonchev–Trinajstić information content (AvgIpc) is 2.16. The summed E-state index contributed by atoms with van der Waals surface area (Å²) in [6.45, 7) is 3.90. The van der Waals surface area contributed by atoms with Crippen LogP contribution in [0, 0.1) is 0 Å². The van der Waals surface area contributed by atoms with Crippen LogP contribution in [0.25, 0.3) is 0 Å². The lowest BCUT2D eigenvalue weighted by Gasteiger charge is -2.24. The van der Waals surface area contributed by atoms with E-state index in [0.29, 0.717) is 18.9 Å². The van der Waals surface area contributed by atoms with E-state index in [1.807, 2.05) is 0 Å². The molecule has 1 rings (SSSR count). The van der Waals surface area contributed by atoms with Crippen LogP contribution in [-0.4, -0.2) is 11.9 Å². The highest BCUT2D eigenvalue weighted by Gasteiger charge is 2.13. The number of amides is 1. The molecule has 1 aliphatic rings. The molecule has 3 heteroatoms. The van der Waals surface area contributed by atoms with Gasteiger partial charge in [0.1, 0.15) is 0 Å². The summed E-state index contributed by atoms with van der Waals surface area (Å²) in [6.07, 6.45) is 7.50. The molecule has 14 heavy (non-hydrogen) atoms. The Kier molecular flexibility index (Phi) is 4.50. The monoisotopic (exact) mass is 196 g/mol. The minimum atomic E-state index is -0.253. The number of carbonyl (C=O) groups is 1. The van der Waals surface area contributed by atoms with Crippen molar-refractivity contribution in [3.8, 4) is 0 Å². The minimum Gasteiger partial charge on any atom is -0.386 e. The van der Waals surface area contributed by atoms with Gasteiger partial charge in [-0.05, 0) is 19.3 Å². The summed E-state index contributed by atoms with van der Waals surface area (Å²) >= 11 is 0. The Bertz CT molecular complexity index is 207. The summed E-state index contributed by atoms with van der Waals surface area (Å²) in [7, 11) is 0. The maximum atomic E-state index is 10.5. The molecule has 0 atom stereocenters. The summed E-state index contributed by atoms with van der Waals surface area (Å²) in [5.41, 5.74) is 6.02. The van der Waals surface area contributed by atoms with Crippen LogP contribution < -0.4 is 11.1 Å². The second-order valence-corrected chi connectivity index (χ2v) is 4.05. The lowest BCUT2D eigenvalue weighted by molar-refractivity contribution is -0.118. The second kappa shape index (κ2) is 5.68. The standard InChI is InChI=1S/C11H20N2O/c1-9(7-8-11(12)14)13-10-5-3-2-4-6-10/h10,13H,1-8H2,(H2,12,14). The smallest absolute Gasteiger partial charge is 0.217 e. The molecule has 1 amide bonds. The molecule has 0 aliphatic heterocycles. The molecule has 0 aromatic carbocycles. The number of hydrogen-bond donors (Lipinski definition) is 2. The molecule has 80 valence electrons. The van der Waals surface area contributed by atoms with E-state index in [-0.39, 0.29) is 5.91 Å². The van der Waals surface area contributed by atoms with Crippen LogP contribution in [0.2, 0.25) is 0 Å². The number of rotatable bonds is 5. The molecule has 3 N–H and O–H groups in total. The van der Waals surface area contributed by atoms with Crippen LogP contribution in [0.4, 0.5) is 0 Å². The molecule has 0 aromatic heterocycles. The van der Waals surface area contributed by atoms with Crippen molar-refractivity contribution in [2.45, 2.75) is 51.0 Å². The van der Waals surface area contributed by atoms with E-state index in [0.717, 1.165) is 5.70 Å². The van der Waals surface area contributed by atoms with Crippen molar-refractivity contribution in [2.75, 3.05) is 0 Å². The molecule has 1 fully saturated rings. The predicted molar refractivity (Wildman–Crippen MR) is 57.6 cm³/mol. The van der Waals surface area contributed by atoms with Crippen molar-refractivity contribution in [2.24, 2.45) is 5.73 Å². The fourth-order valence-corrected chi connectivity index (χ4v) is 1.88. The minimum absolute atomic E-state index is 0.253. The van der Waals surface area contributed by atoms with Gasteiger partial charge in [0, 0.05) is 18.2 Å². The Balaban J connectivity index is 2.15. The van der Waals surface area contributed by atoms with Gasteiger partial charge in [0.25, 0.3) is 0 Å². The molecule has 0 heterocycles. The molecule has 0 aromatic rings. The first-order valence-corrected chi connectivity index (χ1v) is 5.41. The first-order chi connectivity index (χ1) is 6.68. The van der Waals surface area contributed by atoms with Crippen molar-refractivity contribution in [1.29, 1.82) is 0 Å². The van der Waals surface area contributed by atoms with Gasteiger partial charge in [0.05, 0.1) is 0 Å². The number of nitrogens with one attached hydrogen (secondary N) is 1. The summed E-state index contributed by atoms with van der Waals surface area (Å²) in [6, 6.07) is 0.573. The van der Waals surface area contributed by atoms with Crippen LogP contribution in [0.1, 0.15) is 44.9 Å². The largest absolute Gasteiger partial charge is 0.386 e. The van der Waals surface area contributed by atoms with Crippen LogP contribution in [0.5, 0.6) is 0 Å². The molecular formula is C11H20N2O. The average molecular weight is 196 g/mol.